The molecule has 0 fully saturated rings. The van der Waals surface area contributed by atoms with Crippen LogP contribution in [0.25, 0.3) is 0 Å². The third kappa shape index (κ3) is 4.00. The molecule has 0 aromatic heterocycles. The maximum atomic E-state index is 13.7. The standard InChI is InChI=1S/C14H22FNO/c1-4-16(7-8-17)14-10-12(9-11(2)3)5-6-13(14)15/h5-6,10-11,17H,4,7-9H2,1-3H3. The SMILES string of the molecule is CCN(CCO)c1cc(CC(C)C)ccc1F. The van der Waals surface area contributed by atoms with Gasteiger partial charge >= 0.3 is 0 Å². The fraction of sp³-hybridized carbons (Fsp3) is 0.571. The monoisotopic (exact) mass is 239 g/mol. The van der Waals surface area contributed by atoms with Crippen molar-refractivity contribution in [3.05, 3.63) is 29.6 Å². The van der Waals surface area contributed by atoms with Gasteiger partial charge in [0, 0.05) is 13.1 Å². The van der Waals surface area contributed by atoms with E-state index in [0.29, 0.717) is 24.7 Å². The normalized spacial score (nSPS) is 10.9. The number of hydrogen-bond donors (Lipinski definition) is 1. The Morgan fingerprint density at radius 3 is 2.59 bits per heavy atom. The van der Waals surface area contributed by atoms with E-state index in [1.54, 1.807) is 0 Å². The van der Waals surface area contributed by atoms with Gasteiger partial charge in [-0.25, -0.2) is 4.39 Å². The molecule has 17 heavy (non-hydrogen) atoms. The van der Waals surface area contributed by atoms with E-state index in [2.05, 4.69) is 13.8 Å². The van der Waals surface area contributed by atoms with Crippen LogP contribution in [0.5, 0.6) is 0 Å². The molecule has 0 atom stereocenters. The second-order valence-corrected chi connectivity index (χ2v) is 4.69. The zero-order valence-electron chi connectivity index (χ0n) is 10.9. The topological polar surface area (TPSA) is 23.5 Å². The molecule has 0 saturated carbocycles. The Balaban J connectivity index is 2.95. The van der Waals surface area contributed by atoms with Gasteiger partial charge in [0.25, 0.3) is 0 Å². The number of likely N-dealkylation sites (N-methyl/N-ethyl adjacent to an activating group) is 1. The van der Waals surface area contributed by atoms with Crippen molar-refractivity contribution in [1.29, 1.82) is 0 Å². The summed E-state index contributed by atoms with van der Waals surface area (Å²) in [6.07, 6.45) is 0.948. The molecule has 96 valence electrons. The molecular weight excluding hydrogens is 217 g/mol. The van der Waals surface area contributed by atoms with Gasteiger partial charge < -0.3 is 10.0 Å². The Morgan fingerprint density at radius 1 is 1.35 bits per heavy atom. The minimum absolute atomic E-state index is 0.0433. The number of nitrogens with zero attached hydrogens (tertiary/aromatic N) is 1. The lowest BCUT2D eigenvalue weighted by molar-refractivity contribution is 0.302. The van der Waals surface area contributed by atoms with E-state index in [-0.39, 0.29) is 12.4 Å². The van der Waals surface area contributed by atoms with E-state index in [4.69, 9.17) is 5.11 Å². The van der Waals surface area contributed by atoms with Crippen LogP contribution in [0.15, 0.2) is 18.2 Å². The van der Waals surface area contributed by atoms with Crippen molar-refractivity contribution in [2.24, 2.45) is 5.92 Å². The lowest BCUT2D eigenvalue weighted by atomic mass is 10.0. The smallest absolute Gasteiger partial charge is 0.146 e. The molecule has 0 heterocycles. The van der Waals surface area contributed by atoms with Gasteiger partial charge in [-0.3, -0.25) is 0 Å². The Labute approximate surface area is 103 Å². The number of rotatable bonds is 6. The zero-order chi connectivity index (χ0) is 12.8. The Morgan fingerprint density at radius 2 is 2.06 bits per heavy atom. The maximum absolute atomic E-state index is 13.7. The first-order chi connectivity index (χ1) is 8.08. The lowest BCUT2D eigenvalue weighted by Gasteiger charge is -2.23. The third-order valence-electron chi connectivity index (χ3n) is 2.75. The van der Waals surface area contributed by atoms with Crippen molar-refractivity contribution in [2.75, 3.05) is 24.6 Å². The molecule has 0 bridgehead atoms. The largest absolute Gasteiger partial charge is 0.395 e. The van der Waals surface area contributed by atoms with Gasteiger partial charge in [0.15, 0.2) is 0 Å². The summed E-state index contributed by atoms with van der Waals surface area (Å²) in [5.74, 6) is 0.342. The molecule has 1 rings (SSSR count). The second kappa shape index (κ2) is 6.60. The van der Waals surface area contributed by atoms with Crippen LogP contribution in [-0.2, 0) is 6.42 Å². The first kappa shape index (κ1) is 14.0. The van der Waals surface area contributed by atoms with Crippen LogP contribution in [0, 0.1) is 11.7 Å². The highest BCUT2D eigenvalue weighted by atomic mass is 19.1. The molecule has 3 heteroatoms. The fourth-order valence-electron chi connectivity index (χ4n) is 1.97. The molecule has 0 amide bonds. The number of aliphatic hydroxyl groups excluding tert-OH is 1. The lowest BCUT2D eigenvalue weighted by Crippen LogP contribution is -2.27. The van der Waals surface area contributed by atoms with E-state index in [9.17, 15) is 4.39 Å². The Bertz CT molecular complexity index is 352. The van der Waals surface area contributed by atoms with Crippen LogP contribution in [0.1, 0.15) is 26.3 Å². The molecule has 0 spiro atoms. The van der Waals surface area contributed by atoms with Crippen LogP contribution >= 0.6 is 0 Å². The van der Waals surface area contributed by atoms with E-state index in [1.807, 2.05) is 24.0 Å². The first-order valence-corrected chi connectivity index (χ1v) is 6.22. The molecule has 0 aliphatic carbocycles. The summed E-state index contributed by atoms with van der Waals surface area (Å²) in [7, 11) is 0. The first-order valence-electron chi connectivity index (χ1n) is 6.22. The highest BCUT2D eigenvalue weighted by Gasteiger charge is 2.10. The number of benzene rings is 1. The van der Waals surface area contributed by atoms with Crippen molar-refractivity contribution < 1.29 is 9.50 Å². The number of halogens is 1. The van der Waals surface area contributed by atoms with Gasteiger partial charge in [-0.15, -0.1) is 0 Å². The van der Waals surface area contributed by atoms with Crippen molar-refractivity contribution in [1.82, 2.24) is 0 Å². The highest BCUT2D eigenvalue weighted by molar-refractivity contribution is 5.50. The third-order valence-corrected chi connectivity index (χ3v) is 2.75. The molecule has 1 N–H and O–H groups in total. The average molecular weight is 239 g/mol. The van der Waals surface area contributed by atoms with Gasteiger partial charge in [0.05, 0.1) is 12.3 Å². The number of anilines is 1. The van der Waals surface area contributed by atoms with Gasteiger partial charge in [0.1, 0.15) is 5.82 Å². The van der Waals surface area contributed by atoms with Crippen LogP contribution in [-0.4, -0.2) is 24.8 Å². The summed E-state index contributed by atoms with van der Waals surface area (Å²) in [6.45, 7) is 7.47. The maximum Gasteiger partial charge on any atom is 0.146 e. The van der Waals surface area contributed by atoms with Crippen LogP contribution in [0.4, 0.5) is 10.1 Å². The van der Waals surface area contributed by atoms with Crippen molar-refractivity contribution in [3.8, 4) is 0 Å². The predicted molar refractivity (Wildman–Crippen MR) is 69.9 cm³/mol. The zero-order valence-corrected chi connectivity index (χ0v) is 10.9. The molecule has 0 saturated heterocycles. The molecule has 2 nitrogen and oxygen atoms in total. The number of hydrogen-bond acceptors (Lipinski definition) is 2. The molecule has 0 aliphatic rings. The average Bonchev–Trinajstić information content (AvgIpc) is 2.28. The molecule has 1 aromatic rings. The molecular formula is C14H22FNO. The van der Waals surface area contributed by atoms with Crippen molar-refractivity contribution in [3.63, 3.8) is 0 Å². The van der Waals surface area contributed by atoms with E-state index in [1.165, 1.54) is 6.07 Å². The molecule has 0 aliphatic heterocycles. The van der Waals surface area contributed by atoms with Gasteiger partial charge in [0.2, 0.25) is 0 Å². The summed E-state index contributed by atoms with van der Waals surface area (Å²) in [6, 6.07) is 5.26. The van der Waals surface area contributed by atoms with Gasteiger partial charge in [-0.05, 0) is 37.0 Å². The fourth-order valence-corrected chi connectivity index (χ4v) is 1.97. The summed E-state index contributed by atoms with van der Waals surface area (Å²) >= 11 is 0. The van der Waals surface area contributed by atoms with Gasteiger partial charge in [-0.1, -0.05) is 19.9 Å². The molecule has 0 unspecified atom stereocenters. The van der Waals surface area contributed by atoms with E-state index < -0.39 is 0 Å². The minimum atomic E-state index is -0.215. The Hall–Kier alpha value is -1.09. The highest BCUT2D eigenvalue weighted by Crippen LogP contribution is 2.22. The quantitative estimate of drug-likeness (QED) is 0.825. The molecule has 0 radical (unpaired) electrons. The predicted octanol–water partition coefficient (Wildman–Crippen LogP) is 2.84. The van der Waals surface area contributed by atoms with Crippen molar-refractivity contribution in [2.45, 2.75) is 27.2 Å². The Kier molecular flexibility index (Phi) is 5.42. The second-order valence-electron chi connectivity index (χ2n) is 4.69. The van der Waals surface area contributed by atoms with Crippen LogP contribution in [0.3, 0.4) is 0 Å². The van der Waals surface area contributed by atoms with Gasteiger partial charge in [-0.2, -0.15) is 0 Å². The van der Waals surface area contributed by atoms with Crippen molar-refractivity contribution >= 4 is 5.69 Å². The summed E-state index contributed by atoms with van der Waals surface area (Å²) < 4.78 is 13.7. The summed E-state index contributed by atoms with van der Waals surface area (Å²) in [5, 5.41) is 8.97. The van der Waals surface area contributed by atoms with Crippen LogP contribution in [0.2, 0.25) is 0 Å². The summed E-state index contributed by atoms with van der Waals surface area (Å²) in [4.78, 5) is 1.86. The number of aliphatic hydroxyl groups is 1. The summed E-state index contributed by atoms with van der Waals surface area (Å²) in [5.41, 5.74) is 1.74. The van der Waals surface area contributed by atoms with E-state index >= 15 is 0 Å². The van der Waals surface area contributed by atoms with E-state index in [0.717, 1.165) is 12.0 Å². The minimum Gasteiger partial charge on any atom is -0.395 e. The molecule has 1 aromatic carbocycles. The van der Waals surface area contributed by atoms with Crippen LogP contribution < -0.4 is 4.90 Å².